The van der Waals surface area contributed by atoms with Crippen LogP contribution in [0.1, 0.15) is 66.7 Å². The number of allylic oxidation sites excluding steroid dienone is 1. The van der Waals surface area contributed by atoms with Gasteiger partial charge in [-0.1, -0.05) is 52.7 Å². The fraction of sp³-hybridized carbons (Fsp3) is 0.905. The van der Waals surface area contributed by atoms with E-state index in [1.165, 1.54) is 24.8 Å². The lowest BCUT2D eigenvalue weighted by atomic mass is 9.66. The molecule has 0 aromatic carbocycles. The number of hydrogen-bond acceptors (Lipinski definition) is 0. The molecule has 0 amide bonds. The van der Waals surface area contributed by atoms with Gasteiger partial charge in [0.1, 0.15) is 0 Å². The number of rotatable bonds is 3. The third-order valence-corrected chi connectivity index (χ3v) is 8.59. The van der Waals surface area contributed by atoms with Gasteiger partial charge in [-0.05, 0) is 78.4 Å². The molecule has 0 aromatic rings. The van der Waals surface area contributed by atoms with E-state index in [0.717, 1.165) is 46.8 Å². The maximum atomic E-state index is 4.37. The summed E-state index contributed by atoms with van der Waals surface area (Å²) in [4.78, 5) is 0. The van der Waals surface area contributed by atoms with Crippen LogP contribution in [0.2, 0.25) is 0 Å². The van der Waals surface area contributed by atoms with Gasteiger partial charge in [0.2, 0.25) is 0 Å². The van der Waals surface area contributed by atoms with Crippen LogP contribution in [0.25, 0.3) is 0 Å². The third-order valence-electron chi connectivity index (χ3n) is 8.59. The van der Waals surface area contributed by atoms with Crippen LogP contribution in [0, 0.1) is 52.3 Å². The van der Waals surface area contributed by atoms with E-state index in [2.05, 4.69) is 41.2 Å². The van der Waals surface area contributed by atoms with Gasteiger partial charge in [0.05, 0.1) is 0 Å². The lowest BCUT2D eigenvalue weighted by Gasteiger charge is -2.38. The summed E-state index contributed by atoms with van der Waals surface area (Å²) in [6.07, 6.45) is 7.48. The minimum atomic E-state index is 0.624. The fourth-order valence-electron chi connectivity index (χ4n) is 8.64. The molecule has 0 heterocycles. The van der Waals surface area contributed by atoms with Crippen molar-refractivity contribution < 1.29 is 0 Å². The van der Waals surface area contributed by atoms with Gasteiger partial charge in [-0.25, -0.2) is 0 Å². The summed E-state index contributed by atoms with van der Waals surface area (Å²) >= 11 is 0. The molecule has 0 nitrogen and oxygen atoms in total. The van der Waals surface area contributed by atoms with Crippen LogP contribution >= 0.6 is 0 Å². The van der Waals surface area contributed by atoms with Crippen LogP contribution in [0.5, 0.6) is 0 Å². The Labute approximate surface area is 131 Å². The minimum Gasteiger partial charge on any atom is -0.0998 e. The van der Waals surface area contributed by atoms with Crippen LogP contribution in [-0.4, -0.2) is 0 Å². The predicted molar refractivity (Wildman–Crippen MR) is 89.9 cm³/mol. The molecule has 0 aliphatic heterocycles. The summed E-state index contributed by atoms with van der Waals surface area (Å²) < 4.78 is 0. The zero-order valence-corrected chi connectivity index (χ0v) is 14.8. The smallest absolute Gasteiger partial charge is 0.0112 e. The van der Waals surface area contributed by atoms with E-state index < -0.39 is 0 Å². The van der Waals surface area contributed by atoms with Crippen LogP contribution in [0.4, 0.5) is 0 Å². The van der Waals surface area contributed by atoms with Crippen molar-refractivity contribution in [3.63, 3.8) is 0 Å². The topological polar surface area (TPSA) is 0 Å². The number of fused-ring (bicyclic) bond motifs is 3. The summed E-state index contributed by atoms with van der Waals surface area (Å²) in [5, 5.41) is 0. The molecule has 9 unspecified atom stereocenters. The lowest BCUT2D eigenvalue weighted by Crippen LogP contribution is -2.33. The highest BCUT2D eigenvalue weighted by Gasteiger charge is 2.82. The molecule has 4 aliphatic rings. The Kier molecular flexibility index (Phi) is 2.85. The summed E-state index contributed by atoms with van der Waals surface area (Å²) in [6, 6.07) is 0. The second kappa shape index (κ2) is 4.18. The SMILES string of the molecule is C=C(C)C1C2C3CC(C)CC34CC(CCC)C(C)C4C12C. The van der Waals surface area contributed by atoms with Crippen molar-refractivity contribution in [2.75, 3.05) is 0 Å². The first kappa shape index (κ1) is 14.3. The Bertz CT molecular complexity index is 476. The monoisotopic (exact) mass is 286 g/mol. The molecule has 0 N–H and O–H groups in total. The number of hydrogen-bond donors (Lipinski definition) is 0. The van der Waals surface area contributed by atoms with Crippen molar-refractivity contribution in [3.05, 3.63) is 12.2 Å². The Morgan fingerprint density at radius 1 is 1.24 bits per heavy atom. The molecule has 4 rings (SSSR count). The van der Waals surface area contributed by atoms with Crippen LogP contribution in [-0.2, 0) is 0 Å². The summed E-state index contributed by atoms with van der Waals surface area (Å²) in [7, 11) is 0. The van der Waals surface area contributed by atoms with Crippen molar-refractivity contribution in [2.24, 2.45) is 52.3 Å². The molecule has 0 aromatic heterocycles. The van der Waals surface area contributed by atoms with Crippen LogP contribution in [0.3, 0.4) is 0 Å². The van der Waals surface area contributed by atoms with Gasteiger partial charge >= 0.3 is 0 Å². The second-order valence-corrected chi connectivity index (χ2v) is 9.69. The maximum absolute atomic E-state index is 4.37. The van der Waals surface area contributed by atoms with Gasteiger partial charge in [0, 0.05) is 0 Å². The molecule has 4 saturated carbocycles. The Hall–Kier alpha value is -0.260. The average molecular weight is 287 g/mol. The normalized spacial score (nSPS) is 60.5. The van der Waals surface area contributed by atoms with Gasteiger partial charge in [0.25, 0.3) is 0 Å². The van der Waals surface area contributed by atoms with Gasteiger partial charge in [-0.2, -0.15) is 0 Å². The first-order valence-corrected chi connectivity index (χ1v) is 9.53. The standard InChI is InChI=1S/C21H34/c1-7-8-15-11-21-10-13(4)9-16(21)18-17(12(2)3)20(18,6)19(21)14(15)5/h13-19H,2,7-11H2,1,3-6H3. The average Bonchev–Trinajstić information content (AvgIpc) is 2.60. The van der Waals surface area contributed by atoms with E-state index in [4.69, 9.17) is 0 Å². The fourth-order valence-corrected chi connectivity index (χ4v) is 8.64. The largest absolute Gasteiger partial charge is 0.0998 e. The molecular weight excluding hydrogens is 252 g/mol. The quantitative estimate of drug-likeness (QED) is 0.564. The van der Waals surface area contributed by atoms with Crippen molar-refractivity contribution >= 4 is 0 Å². The molecule has 0 radical (unpaired) electrons. The molecule has 0 saturated heterocycles. The van der Waals surface area contributed by atoms with Crippen molar-refractivity contribution in [2.45, 2.75) is 66.7 Å². The van der Waals surface area contributed by atoms with Gasteiger partial charge in [-0.15, -0.1) is 0 Å². The third kappa shape index (κ3) is 1.48. The first-order chi connectivity index (χ1) is 9.87. The molecule has 118 valence electrons. The molecular formula is C21H34. The summed E-state index contributed by atoms with van der Waals surface area (Å²) in [5.41, 5.74) is 2.85. The predicted octanol–water partition coefficient (Wildman–Crippen LogP) is 5.93. The summed E-state index contributed by atoms with van der Waals surface area (Å²) in [5.74, 6) is 6.83. The molecule has 4 aliphatic carbocycles. The Balaban J connectivity index is 1.74. The second-order valence-electron chi connectivity index (χ2n) is 9.69. The van der Waals surface area contributed by atoms with E-state index in [9.17, 15) is 0 Å². The lowest BCUT2D eigenvalue weighted by molar-refractivity contribution is 0.103. The molecule has 0 bridgehead atoms. The van der Waals surface area contributed by atoms with E-state index in [1.54, 1.807) is 12.8 Å². The minimum absolute atomic E-state index is 0.624. The van der Waals surface area contributed by atoms with Crippen molar-refractivity contribution in [3.8, 4) is 0 Å². The highest BCUT2D eigenvalue weighted by atomic mass is 14.9. The highest BCUT2D eigenvalue weighted by molar-refractivity contribution is 5.35. The molecule has 21 heavy (non-hydrogen) atoms. The molecule has 4 fully saturated rings. The van der Waals surface area contributed by atoms with Gasteiger partial charge in [-0.3, -0.25) is 0 Å². The van der Waals surface area contributed by atoms with Crippen molar-refractivity contribution in [1.82, 2.24) is 0 Å². The van der Waals surface area contributed by atoms with E-state index >= 15 is 0 Å². The maximum Gasteiger partial charge on any atom is -0.0112 e. The van der Waals surface area contributed by atoms with Crippen LogP contribution < -0.4 is 0 Å². The molecule has 9 atom stereocenters. The highest BCUT2D eigenvalue weighted by Crippen LogP contribution is 2.87. The molecule has 0 heteroatoms. The Morgan fingerprint density at radius 2 is 1.95 bits per heavy atom. The molecule has 1 spiro atoms. The Morgan fingerprint density at radius 3 is 2.57 bits per heavy atom. The summed E-state index contributed by atoms with van der Waals surface area (Å²) in [6.45, 7) is 16.8. The first-order valence-electron chi connectivity index (χ1n) is 9.53. The van der Waals surface area contributed by atoms with Crippen molar-refractivity contribution in [1.29, 1.82) is 0 Å². The van der Waals surface area contributed by atoms with E-state index in [-0.39, 0.29) is 0 Å². The zero-order chi connectivity index (χ0) is 15.2. The van der Waals surface area contributed by atoms with Crippen LogP contribution in [0.15, 0.2) is 12.2 Å². The zero-order valence-electron chi connectivity index (χ0n) is 14.8. The van der Waals surface area contributed by atoms with Gasteiger partial charge < -0.3 is 0 Å². The van der Waals surface area contributed by atoms with Gasteiger partial charge in [0.15, 0.2) is 0 Å². The van der Waals surface area contributed by atoms with E-state index in [0.29, 0.717) is 5.41 Å². The van der Waals surface area contributed by atoms with E-state index in [1.807, 2.05) is 0 Å².